The molecule has 0 saturated carbocycles. The molecule has 1 atom stereocenters. The Bertz CT molecular complexity index is 1160. The molecule has 2 amide bonds. The van der Waals surface area contributed by atoms with E-state index in [9.17, 15) is 9.59 Å². The molecule has 1 fully saturated rings. The lowest BCUT2D eigenvalue weighted by Crippen LogP contribution is -2.47. The van der Waals surface area contributed by atoms with Gasteiger partial charge in [-0.25, -0.2) is 4.79 Å². The van der Waals surface area contributed by atoms with E-state index >= 15 is 0 Å². The van der Waals surface area contributed by atoms with Crippen LogP contribution in [-0.2, 0) is 6.54 Å². The van der Waals surface area contributed by atoms with Gasteiger partial charge < -0.3 is 10.0 Å². The van der Waals surface area contributed by atoms with E-state index in [-0.39, 0.29) is 11.9 Å². The van der Waals surface area contributed by atoms with Crippen molar-refractivity contribution >= 4 is 17.7 Å². The van der Waals surface area contributed by atoms with Crippen LogP contribution in [0.2, 0.25) is 0 Å². The average molecular weight is 502 g/mol. The minimum Gasteiger partial charge on any atom is -0.465 e. The first-order valence-corrected chi connectivity index (χ1v) is 12.8. The van der Waals surface area contributed by atoms with Gasteiger partial charge in [0.15, 0.2) is 0 Å². The van der Waals surface area contributed by atoms with Crippen molar-refractivity contribution in [3.8, 4) is 0 Å². The number of rotatable bonds is 9. The van der Waals surface area contributed by atoms with E-state index in [1.807, 2.05) is 67.4 Å². The van der Waals surface area contributed by atoms with E-state index in [1.54, 1.807) is 18.3 Å². The average Bonchev–Trinajstić information content (AvgIpc) is 2.92. The zero-order chi connectivity index (χ0) is 26.2. The lowest BCUT2D eigenvalue weighted by atomic mass is 9.95. The molecule has 0 radical (unpaired) electrons. The van der Waals surface area contributed by atoms with Crippen LogP contribution >= 0.6 is 0 Å². The number of amides is 2. The summed E-state index contributed by atoms with van der Waals surface area (Å²) in [5.41, 5.74) is 4.63. The highest BCUT2D eigenvalue weighted by atomic mass is 16.4. The summed E-state index contributed by atoms with van der Waals surface area (Å²) in [4.78, 5) is 34.8. The summed E-state index contributed by atoms with van der Waals surface area (Å²) in [6, 6.07) is 19.6. The van der Waals surface area contributed by atoms with E-state index in [1.165, 1.54) is 5.56 Å². The lowest BCUT2D eigenvalue weighted by molar-refractivity contribution is 0.0772. The van der Waals surface area contributed by atoms with E-state index < -0.39 is 6.09 Å². The van der Waals surface area contributed by atoms with E-state index in [4.69, 9.17) is 5.11 Å². The van der Waals surface area contributed by atoms with Gasteiger partial charge in [0, 0.05) is 69.5 Å². The van der Waals surface area contributed by atoms with Crippen LogP contribution in [0, 0.1) is 0 Å². The van der Waals surface area contributed by atoms with Gasteiger partial charge >= 0.3 is 6.09 Å². The predicted octanol–water partition coefficient (Wildman–Crippen LogP) is 4.56. The van der Waals surface area contributed by atoms with Gasteiger partial charge in [-0.05, 0) is 60.9 Å². The number of anilines is 1. The van der Waals surface area contributed by atoms with Crippen LogP contribution in [0.15, 0.2) is 73.1 Å². The number of carboxylic acid groups (broad SMARTS) is 1. The fourth-order valence-electron chi connectivity index (χ4n) is 4.92. The summed E-state index contributed by atoms with van der Waals surface area (Å²) in [5, 5.41) is 11.5. The Balaban J connectivity index is 1.55. The minimum absolute atomic E-state index is 0.00275. The number of hydrogen-bond acceptors (Lipinski definition) is 5. The Morgan fingerprint density at radius 1 is 0.946 bits per heavy atom. The fraction of sp³-hybridized carbons (Fsp3) is 0.345. The number of aromatic nitrogens is 1. The van der Waals surface area contributed by atoms with Gasteiger partial charge in [0.05, 0.1) is 6.04 Å². The zero-order valence-electron chi connectivity index (χ0n) is 21.5. The molecular weight excluding hydrogens is 466 g/mol. The molecule has 37 heavy (non-hydrogen) atoms. The molecule has 0 spiro atoms. The van der Waals surface area contributed by atoms with Crippen LogP contribution in [0.3, 0.4) is 0 Å². The predicted molar refractivity (Wildman–Crippen MR) is 145 cm³/mol. The first-order valence-electron chi connectivity index (χ1n) is 12.8. The number of carbonyl (C=O) groups is 2. The highest BCUT2D eigenvalue weighted by Crippen LogP contribution is 2.31. The number of piperazine rings is 1. The van der Waals surface area contributed by atoms with Crippen molar-refractivity contribution in [2.75, 3.05) is 44.6 Å². The number of nitrogens with one attached hydrogen (secondary N) is 1. The summed E-state index contributed by atoms with van der Waals surface area (Å²) < 4.78 is 0. The first-order chi connectivity index (χ1) is 18.0. The summed E-state index contributed by atoms with van der Waals surface area (Å²) in [7, 11) is 0. The maximum absolute atomic E-state index is 12.8. The van der Waals surface area contributed by atoms with Crippen molar-refractivity contribution in [2.45, 2.75) is 26.4 Å². The normalized spacial score (nSPS) is 15.2. The maximum Gasteiger partial charge on any atom is 0.409 e. The summed E-state index contributed by atoms with van der Waals surface area (Å²) in [6.45, 7) is 9.86. The second kappa shape index (κ2) is 12.5. The topological polar surface area (TPSA) is 89.0 Å². The standard InChI is InChI=1S/C29H35N5O3/c1-3-33(4-2)28(35)25-9-7-23(8-10-25)27(24-11-13-26(14-12-24)31-29(36)37)34-18-16-32(17-19-34)21-22-6-5-15-30-20-22/h5-15,20,27,31H,3-4,16-19,21H2,1-2H3,(H,36,37). The molecule has 1 aliphatic heterocycles. The largest absolute Gasteiger partial charge is 0.465 e. The highest BCUT2D eigenvalue weighted by Gasteiger charge is 2.27. The molecule has 2 aromatic carbocycles. The molecule has 1 aromatic heterocycles. The highest BCUT2D eigenvalue weighted by molar-refractivity contribution is 5.94. The quantitative estimate of drug-likeness (QED) is 0.447. The van der Waals surface area contributed by atoms with Crippen LogP contribution in [0.25, 0.3) is 0 Å². The Morgan fingerprint density at radius 3 is 2.11 bits per heavy atom. The molecule has 8 heteroatoms. The van der Waals surface area contributed by atoms with Crippen molar-refractivity contribution in [3.63, 3.8) is 0 Å². The van der Waals surface area contributed by atoms with Crippen LogP contribution in [0.4, 0.5) is 10.5 Å². The number of hydrogen-bond donors (Lipinski definition) is 2. The first kappa shape index (κ1) is 26.3. The third-order valence-corrected chi connectivity index (χ3v) is 6.90. The Hall–Kier alpha value is -3.75. The lowest BCUT2D eigenvalue weighted by Gasteiger charge is -2.40. The van der Waals surface area contributed by atoms with Gasteiger partial charge in [-0.1, -0.05) is 30.3 Å². The van der Waals surface area contributed by atoms with Crippen molar-refractivity contribution in [1.29, 1.82) is 0 Å². The smallest absolute Gasteiger partial charge is 0.409 e. The molecule has 0 bridgehead atoms. The molecule has 1 aliphatic rings. The summed E-state index contributed by atoms with van der Waals surface area (Å²) in [5.74, 6) is 0.0428. The third kappa shape index (κ3) is 6.72. The fourth-order valence-corrected chi connectivity index (χ4v) is 4.92. The molecular formula is C29H35N5O3. The van der Waals surface area contributed by atoms with Crippen LogP contribution in [0.1, 0.15) is 46.9 Å². The van der Waals surface area contributed by atoms with Gasteiger partial charge in [0.25, 0.3) is 5.91 Å². The molecule has 2 N–H and O–H groups in total. The summed E-state index contributed by atoms with van der Waals surface area (Å²) in [6.07, 6.45) is 2.63. The molecule has 4 rings (SSSR count). The Labute approximate surface area is 218 Å². The maximum atomic E-state index is 12.8. The number of pyridine rings is 1. The van der Waals surface area contributed by atoms with E-state index in [2.05, 4.69) is 26.2 Å². The van der Waals surface area contributed by atoms with Gasteiger partial charge in [-0.3, -0.25) is 24.9 Å². The molecule has 1 unspecified atom stereocenters. The van der Waals surface area contributed by atoms with Crippen molar-refractivity contribution in [1.82, 2.24) is 19.7 Å². The summed E-state index contributed by atoms with van der Waals surface area (Å²) >= 11 is 0. The minimum atomic E-state index is -1.08. The number of benzene rings is 2. The molecule has 0 aliphatic carbocycles. The molecule has 3 aromatic rings. The second-order valence-electron chi connectivity index (χ2n) is 9.23. The van der Waals surface area contributed by atoms with Crippen LogP contribution < -0.4 is 5.32 Å². The number of carbonyl (C=O) groups excluding carboxylic acids is 1. The second-order valence-corrected chi connectivity index (χ2v) is 9.23. The molecule has 1 saturated heterocycles. The van der Waals surface area contributed by atoms with Crippen molar-refractivity contribution in [3.05, 3.63) is 95.3 Å². The Morgan fingerprint density at radius 2 is 1.57 bits per heavy atom. The monoisotopic (exact) mass is 501 g/mol. The Kier molecular flexibility index (Phi) is 8.87. The third-order valence-electron chi connectivity index (χ3n) is 6.90. The van der Waals surface area contributed by atoms with Crippen LogP contribution in [0.5, 0.6) is 0 Å². The number of nitrogens with zero attached hydrogens (tertiary/aromatic N) is 4. The SMILES string of the molecule is CCN(CC)C(=O)c1ccc(C(c2ccc(NC(=O)O)cc2)N2CCN(Cc3cccnc3)CC2)cc1. The zero-order valence-corrected chi connectivity index (χ0v) is 21.5. The van der Waals surface area contributed by atoms with E-state index in [0.29, 0.717) is 24.3 Å². The molecule has 8 nitrogen and oxygen atoms in total. The van der Waals surface area contributed by atoms with E-state index in [0.717, 1.165) is 43.9 Å². The van der Waals surface area contributed by atoms with Crippen molar-refractivity contribution < 1.29 is 14.7 Å². The van der Waals surface area contributed by atoms with Gasteiger partial charge in [0.1, 0.15) is 0 Å². The van der Waals surface area contributed by atoms with Crippen LogP contribution in [-0.4, -0.2) is 76.1 Å². The molecule has 194 valence electrons. The van der Waals surface area contributed by atoms with Gasteiger partial charge in [0.2, 0.25) is 0 Å². The van der Waals surface area contributed by atoms with Crippen molar-refractivity contribution in [2.24, 2.45) is 0 Å². The van der Waals surface area contributed by atoms with Gasteiger partial charge in [-0.2, -0.15) is 0 Å². The molecule has 2 heterocycles. The van der Waals surface area contributed by atoms with Gasteiger partial charge in [-0.15, -0.1) is 0 Å².